The quantitative estimate of drug-likeness (QED) is 0.289. The molecule has 0 radical (unpaired) electrons. The van der Waals surface area contributed by atoms with Crippen molar-refractivity contribution in [3.8, 4) is 0 Å². The summed E-state index contributed by atoms with van der Waals surface area (Å²) in [6, 6.07) is 4.08. The summed E-state index contributed by atoms with van der Waals surface area (Å²) in [5, 5.41) is 5.03. The number of halogens is 1. The average molecular weight is 472 g/mol. The molecule has 23 heavy (non-hydrogen) atoms. The number of nitrogens with zero attached hydrogens (tertiary/aromatic N) is 1. The molecule has 1 saturated carbocycles. The van der Waals surface area contributed by atoms with Crippen molar-refractivity contribution < 1.29 is 8.42 Å². The fourth-order valence-corrected chi connectivity index (χ4v) is 3.80. The zero-order valence-corrected chi connectivity index (χ0v) is 17.0. The SMILES string of the molecule is I.NC(=NCCS(=O)(=O)NCC1CCC1)NCCc1cccs1. The minimum atomic E-state index is -3.24. The molecule has 0 amide bonds. The molecule has 0 saturated heterocycles. The van der Waals surface area contributed by atoms with Crippen LogP contribution in [0.4, 0.5) is 0 Å². The van der Waals surface area contributed by atoms with E-state index in [2.05, 4.69) is 21.1 Å². The molecular weight excluding hydrogens is 447 g/mol. The van der Waals surface area contributed by atoms with Gasteiger partial charge in [0, 0.05) is 18.0 Å². The monoisotopic (exact) mass is 472 g/mol. The first kappa shape index (κ1) is 20.7. The summed E-state index contributed by atoms with van der Waals surface area (Å²) in [5.41, 5.74) is 5.72. The van der Waals surface area contributed by atoms with E-state index in [1.54, 1.807) is 11.3 Å². The van der Waals surface area contributed by atoms with Crippen molar-refractivity contribution in [1.82, 2.24) is 10.0 Å². The van der Waals surface area contributed by atoms with Gasteiger partial charge >= 0.3 is 0 Å². The first-order valence-corrected chi connectivity index (χ1v) is 10.1. The first-order valence-electron chi connectivity index (χ1n) is 7.59. The van der Waals surface area contributed by atoms with E-state index in [1.807, 2.05) is 11.4 Å². The number of guanidine groups is 1. The van der Waals surface area contributed by atoms with Crippen LogP contribution in [0.2, 0.25) is 0 Å². The van der Waals surface area contributed by atoms with Crippen LogP contribution in [0.15, 0.2) is 22.5 Å². The van der Waals surface area contributed by atoms with Crippen LogP contribution in [0.25, 0.3) is 0 Å². The van der Waals surface area contributed by atoms with Gasteiger partial charge in [0.15, 0.2) is 5.96 Å². The molecule has 1 aromatic heterocycles. The highest BCUT2D eigenvalue weighted by molar-refractivity contribution is 14.0. The van der Waals surface area contributed by atoms with E-state index in [1.165, 1.54) is 11.3 Å². The zero-order valence-electron chi connectivity index (χ0n) is 13.0. The first-order chi connectivity index (χ1) is 10.6. The molecule has 0 bridgehead atoms. The molecule has 1 heterocycles. The van der Waals surface area contributed by atoms with E-state index in [-0.39, 0.29) is 36.3 Å². The average Bonchev–Trinajstić information content (AvgIpc) is 2.89. The van der Waals surface area contributed by atoms with Crippen molar-refractivity contribution >= 4 is 51.3 Å². The highest BCUT2D eigenvalue weighted by atomic mass is 127. The van der Waals surface area contributed by atoms with E-state index in [9.17, 15) is 8.42 Å². The van der Waals surface area contributed by atoms with Crippen LogP contribution >= 0.6 is 35.3 Å². The third kappa shape index (κ3) is 8.32. The van der Waals surface area contributed by atoms with Crippen LogP contribution in [0.3, 0.4) is 0 Å². The Morgan fingerprint density at radius 3 is 2.83 bits per heavy atom. The fourth-order valence-electron chi connectivity index (χ4n) is 2.12. The highest BCUT2D eigenvalue weighted by Crippen LogP contribution is 2.25. The van der Waals surface area contributed by atoms with Crippen LogP contribution < -0.4 is 15.8 Å². The Bertz CT molecular complexity index is 572. The number of nitrogens with two attached hydrogens (primary N) is 1. The molecule has 9 heteroatoms. The second kappa shape index (κ2) is 10.5. The van der Waals surface area contributed by atoms with Crippen molar-refractivity contribution in [1.29, 1.82) is 0 Å². The van der Waals surface area contributed by atoms with E-state index in [4.69, 9.17) is 5.73 Å². The Labute approximate surface area is 159 Å². The molecule has 2 rings (SSSR count). The molecule has 0 aromatic carbocycles. The van der Waals surface area contributed by atoms with Crippen molar-refractivity contribution in [2.75, 3.05) is 25.4 Å². The minimum Gasteiger partial charge on any atom is -0.370 e. The van der Waals surface area contributed by atoms with Gasteiger partial charge in [-0.15, -0.1) is 35.3 Å². The number of thiophene rings is 1. The van der Waals surface area contributed by atoms with Crippen LogP contribution in [0.5, 0.6) is 0 Å². The van der Waals surface area contributed by atoms with Gasteiger partial charge in [0.2, 0.25) is 10.0 Å². The van der Waals surface area contributed by atoms with Crippen molar-refractivity contribution in [2.24, 2.45) is 16.6 Å². The van der Waals surface area contributed by atoms with E-state index >= 15 is 0 Å². The second-order valence-electron chi connectivity index (χ2n) is 5.49. The summed E-state index contributed by atoms with van der Waals surface area (Å²) in [6.07, 6.45) is 4.35. The van der Waals surface area contributed by atoms with Gasteiger partial charge in [-0.2, -0.15) is 0 Å². The van der Waals surface area contributed by atoms with Gasteiger partial charge in [0.05, 0.1) is 12.3 Å². The molecule has 1 aromatic rings. The van der Waals surface area contributed by atoms with E-state index in [0.29, 0.717) is 25.0 Å². The Hall–Kier alpha value is -0.390. The van der Waals surface area contributed by atoms with Crippen molar-refractivity contribution in [2.45, 2.75) is 25.7 Å². The van der Waals surface area contributed by atoms with Gasteiger partial charge in [0.25, 0.3) is 0 Å². The molecule has 0 spiro atoms. The van der Waals surface area contributed by atoms with Crippen molar-refractivity contribution in [3.05, 3.63) is 22.4 Å². The number of aliphatic imine (C=N–C) groups is 1. The molecular formula is C14H25IN4O2S2. The largest absolute Gasteiger partial charge is 0.370 e. The van der Waals surface area contributed by atoms with Gasteiger partial charge < -0.3 is 11.1 Å². The summed E-state index contributed by atoms with van der Waals surface area (Å²) < 4.78 is 26.2. The molecule has 1 aliphatic carbocycles. The number of rotatable bonds is 9. The number of sulfonamides is 1. The summed E-state index contributed by atoms with van der Waals surface area (Å²) in [7, 11) is -3.24. The smallest absolute Gasteiger partial charge is 0.213 e. The lowest BCUT2D eigenvalue weighted by atomic mass is 9.86. The summed E-state index contributed by atoms with van der Waals surface area (Å²) in [6.45, 7) is 1.43. The standard InChI is InChI=1S/C14H24N4O2S2.HI/c15-14(16-7-6-13-5-2-9-21-13)17-8-10-22(19,20)18-11-12-3-1-4-12;/h2,5,9,12,18H,1,3-4,6-8,10-11H2,(H3,15,16,17);1H. The van der Waals surface area contributed by atoms with Crippen LogP contribution in [-0.2, 0) is 16.4 Å². The lowest BCUT2D eigenvalue weighted by molar-refractivity contribution is 0.316. The molecule has 132 valence electrons. The zero-order chi connectivity index (χ0) is 15.8. The lowest BCUT2D eigenvalue weighted by Gasteiger charge is -2.25. The van der Waals surface area contributed by atoms with Crippen LogP contribution in [0.1, 0.15) is 24.1 Å². The molecule has 1 aliphatic rings. The van der Waals surface area contributed by atoms with E-state index in [0.717, 1.165) is 19.3 Å². The fraction of sp³-hybridized carbons (Fsp3) is 0.643. The lowest BCUT2D eigenvalue weighted by Crippen LogP contribution is -2.36. The summed E-state index contributed by atoms with van der Waals surface area (Å²) in [4.78, 5) is 5.34. The highest BCUT2D eigenvalue weighted by Gasteiger charge is 2.19. The molecule has 6 nitrogen and oxygen atoms in total. The molecule has 0 atom stereocenters. The Morgan fingerprint density at radius 1 is 1.43 bits per heavy atom. The van der Waals surface area contributed by atoms with Gasteiger partial charge in [0.1, 0.15) is 0 Å². The molecule has 1 fully saturated rings. The van der Waals surface area contributed by atoms with E-state index < -0.39 is 10.0 Å². The number of hydrogen-bond acceptors (Lipinski definition) is 4. The second-order valence-corrected chi connectivity index (χ2v) is 8.45. The summed E-state index contributed by atoms with van der Waals surface area (Å²) >= 11 is 1.70. The van der Waals surface area contributed by atoms with Crippen LogP contribution in [0, 0.1) is 5.92 Å². The predicted molar refractivity (Wildman–Crippen MR) is 107 cm³/mol. The van der Waals surface area contributed by atoms with Gasteiger partial charge in [-0.3, -0.25) is 4.99 Å². The summed E-state index contributed by atoms with van der Waals surface area (Å²) in [5.74, 6) is 0.792. The maximum Gasteiger partial charge on any atom is 0.213 e. The number of hydrogen-bond donors (Lipinski definition) is 3. The molecule has 0 aliphatic heterocycles. The maximum absolute atomic E-state index is 11.8. The third-order valence-electron chi connectivity index (χ3n) is 3.72. The normalized spacial score (nSPS) is 15.7. The Balaban J connectivity index is 0.00000264. The number of nitrogens with one attached hydrogen (secondary N) is 2. The topological polar surface area (TPSA) is 96.6 Å². The predicted octanol–water partition coefficient (Wildman–Crippen LogP) is 1.53. The van der Waals surface area contributed by atoms with Crippen molar-refractivity contribution in [3.63, 3.8) is 0 Å². The van der Waals surface area contributed by atoms with Gasteiger partial charge in [-0.05, 0) is 36.6 Å². The minimum absolute atomic E-state index is 0. The molecule has 0 unspecified atom stereocenters. The van der Waals surface area contributed by atoms with Gasteiger partial charge in [-0.1, -0.05) is 12.5 Å². The Kier molecular flexibility index (Phi) is 9.40. The third-order valence-corrected chi connectivity index (χ3v) is 5.98. The van der Waals surface area contributed by atoms with Gasteiger partial charge in [-0.25, -0.2) is 13.1 Å². The Morgan fingerprint density at radius 2 is 2.22 bits per heavy atom. The van der Waals surface area contributed by atoms with Crippen LogP contribution in [-0.4, -0.2) is 39.8 Å². The molecule has 4 N–H and O–H groups in total. The maximum atomic E-state index is 11.8.